The lowest BCUT2D eigenvalue weighted by molar-refractivity contribution is -0.134. The molecule has 0 spiro atoms. The number of fused-ring (bicyclic) bond motifs is 1. The van der Waals surface area contributed by atoms with Crippen LogP contribution < -0.4 is 11.1 Å². The Morgan fingerprint density at radius 1 is 0.843 bits per heavy atom. The summed E-state index contributed by atoms with van der Waals surface area (Å²) in [6.45, 7) is 14.6. The smallest absolute Gasteiger partial charge is 0.223 e. The first-order valence-electron chi connectivity index (χ1n) is 18.8. The molecule has 51 heavy (non-hydrogen) atoms. The van der Waals surface area contributed by atoms with Gasteiger partial charge in [0.15, 0.2) is 0 Å². The van der Waals surface area contributed by atoms with Gasteiger partial charge in [-0.05, 0) is 81.7 Å². The monoisotopic (exact) mass is 694 g/mol. The van der Waals surface area contributed by atoms with Crippen molar-refractivity contribution in [2.24, 2.45) is 39.4 Å². The molecule has 6 rings (SSSR count). The van der Waals surface area contributed by atoms with Crippen LogP contribution in [0.2, 0.25) is 0 Å². The standard InChI is InChI=1S/C42H55FN6O2/c1-25(2)15-39(50)48-23-27(5)17-37(48)41(43)46-35(21-44)34-14-13-32-19-31(11-12-33(32)20-34)29-7-9-30(10-8-29)36-22-45-42(47-36)38-18-28(6)24-49(38)40(51)16-26(3)4/h7-14,19-20,25-28,37-38,41-42,45H,15-18,21-24,44H2,1-6H3. The fourth-order valence-corrected chi connectivity index (χ4v) is 8.04. The summed E-state index contributed by atoms with van der Waals surface area (Å²) in [5.41, 5.74) is 11.7. The van der Waals surface area contributed by atoms with Crippen LogP contribution in [0.1, 0.15) is 78.4 Å². The minimum atomic E-state index is -1.53. The maximum Gasteiger partial charge on any atom is 0.223 e. The number of carbonyl (C=O) groups excluding carboxylic acids is 2. The highest BCUT2D eigenvalue weighted by atomic mass is 19.1. The minimum Gasteiger partial charge on any atom is -0.336 e. The largest absolute Gasteiger partial charge is 0.336 e. The first-order valence-corrected chi connectivity index (χ1v) is 18.8. The van der Waals surface area contributed by atoms with Gasteiger partial charge >= 0.3 is 0 Å². The molecule has 6 atom stereocenters. The van der Waals surface area contributed by atoms with Crippen LogP contribution in [0.5, 0.6) is 0 Å². The molecule has 0 radical (unpaired) electrons. The minimum absolute atomic E-state index is 0.00250. The SMILES string of the molecule is CC(C)CC(=O)N1CC(C)CC1C(F)N=C(CN)c1ccc2cc(-c3ccc(C4=NC(C5CC(C)CN5C(=O)CC(C)C)NC4)cc3)ccc2c1. The van der Waals surface area contributed by atoms with Crippen molar-refractivity contribution in [2.45, 2.75) is 91.8 Å². The summed E-state index contributed by atoms with van der Waals surface area (Å²) in [4.78, 5) is 39.2. The molecule has 2 saturated heterocycles. The fourth-order valence-electron chi connectivity index (χ4n) is 8.04. The Labute approximate surface area is 302 Å². The summed E-state index contributed by atoms with van der Waals surface area (Å²) >= 11 is 0. The van der Waals surface area contributed by atoms with Crippen LogP contribution >= 0.6 is 0 Å². The van der Waals surface area contributed by atoms with E-state index in [1.807, 2.05) is 32.0 Å². The second kappa shape index (κ2) is 15.7. The molecule has 3 heterocycles. The Balaban J connectivity index is 1.15. The Kier molecular flexibility index (Phi) is 11.4. The number of carbonyl (C=O) groups is 2. The maximum atomic E-state index is 15.8. The van der Waals surface area contributed by atoms with E-state index in [-0.39, 0.29) is 42.4 Å². The van der Waals surface area contributed by atoms with Gasteiger partial charge in [-0.15, -0.1) is 0 Å². The van der Waals surface area contributed by atoms with E-state index < -0.39 is 12.3 Å². The number of alkyl halides is 1. The van der Waals surface area contributed by atoms with Crippen molar-refractivity contribution in [1.29, 1.82) is 0 Å². The van der Waals surface area contributed by atoms with Gasteiger partial charge in [-0.1, -0.05) is 90.1 Å². The summed E-state index contributed by atoms with van der Waals surface area (Å²) in [7, 11) is 0. The average molecular weight is 695 g/mol. The molecule has 2 fully saturated rings. The van der Waals surface area contributed by atoms with Gasteiger partial charge in [0, 0.05) is 39.0 Å². The summed E-state index contributed by atoms with van der Waals surface area (Å²) in [6.07, 6.45) is 0.951. The fraction of sp³-hybridized carbons (Fsp3) is 0.524. The number of amides is 2. The van der Waals surface area contributed by atoms with Crippen molar-refractivity contribution < 1.29 is 14.0 Å². The third-order valence-electron chi connectivity index (χ3n) is 10.6. The van der Waals surface area contributed by atoms with Gasteiger partial charge in [0.1, 0.15) is 6.17 Å². The van der Waals surface area contributed by atoms with Gasteiger partial charge in [0.25, 0.3) is 0 Å². The maximum absolute atomic E-state index is 15.8. The summed E-state index contributed by atoms with van der Waals surface area (Å²) in [5.74, 6) is 1.50. The van der Waals surface area contributed by atoms with Gasteiger partial charge in [0.2, 0.25) is 18.1 Å². The lowest BCUT2D eigenvalue weighted by Crippen LogP contribution is -2.46. The van der Waals surface area contributed by atoms with E-state index in [4.69, 9.17) is 10.7 Å². The zero-order valence-electron chi connectivity index (χ0n) is 31.1. The number of nitrogens with two attached hydrogens (primary N) is 1. The molecule has 3 aromatic rings. The Morgan fingerprint density at radius 2 is 1.43 bits per heavy atom. The number of halogens is 1. The molecule has 3 aliphatic heterocycles. The zero-order valence-corrected chi connectivity index (χ0v) is 31.1. The second-order valence-electron chi connectivity index (χ2n) is 16.0. The van der Waals surface area contributed by atoms with Crippen LogP contribution in [0.25, 0.3) is 21.9 Å². The van der Waals surface area contributed by atoms with E-state index >= 15 is 4.39 Å². The quantitative estimate of drug-likeness (QED) is 0.170. The van der Waals surface area contributed by atoms with Gasteiger partial charge < -0.3 is 15.5 Å². The molecule has 2 amide bonds. The Hall–Kier alpha value is -3.95. The molecular formula is C42H55FN6O2. The van der Waals surface area contributed by atoms with Crippen LogP contribution in [0.4, 0.5) is 4.39 Å². The molecule has 0 aliphatic carbocycles. The van der Waals surface area contributed by atoms with E-state index in [2.05, 4.69) is 85.4 Å². The molecule has 9 heteroatoms. The highest BCUT2D eigenvalue weighted by Crippen LogP contribution is 2.31. The van der Waals surface area contributed by atoms with Crippen molar-refractivity contribution in [3.63, 3.8) is 0 Å². The molecule has 272 valence electrons. The van der Waals surface area contributed by atoms with Crippen molar-refractivity contribution in [1.82, 2.24) is 15.1 Å². The molecular weight excluding hydrogens is 640 g/mol. The number of hydrogen-bond donors (Lipinski definition) is 2. The molecule has 3 aliphatic rings. The normalized spacial score (nSPS) is 24.6. The van der Waals surface area contributed by atoms with E-state index in [0.29, 0.717) is 49.9 Å². The van der Waals surface area contributed by atoms with Gasteiger partial charge in [-0.25, -0.2) is 9.38 Å². The molecule has 0 saturated carbocycles. The first kappa shape index (κ1) is 36.8. The molecule has 3 N–H and O–H groups in total. The van der Waals surface area contributed by atoms with Crippen LogP contribution in [0.3, 0.4) is 0 Å². The summed E-state index contributed by atoms with van der Waals surface area (Å²) in [6, 6.07) is 20.4. The molecule has 3 aromatic carbocycles. The van der Waals surface area contributed by atoms with Crippen LogP contribution in [-0.2, 0) is 9.59 Å². The van der Waals surface area contributed by atoms with Gasteiger partial charge in [0.05, 0.1) is 23.5 Å². The number of hydrogen-bond acceptors (Lipinski definition) is 6. The summed E-state index contributed by atoms with van der Waals surface area (Å²) < 4.78 is 15.8. The number of aliphatic imine (C=N–C) groups is 2. The van der Waals surface area contributed by atoms with E-state index in [9.17, 15) is 9.59 Å². The first-order chi connectivity index (χ1) is 24.4. The number of rotatable bonds is 11. The van der Waals surface area contributed by atoms with Gasteiger partial charge in [-0.2, -0.15) is 0 Å². The van der Waals surface area contributed by atoms with Crippen molar-refractivity contribution in [3.05, 3.63) is 71.8 Å². The third kappa shape index (κ3) is 8.41. The highest BCUT2D eigenvalue weighted by Gasteiger charge is 2.40. The highest BCUT2D eigenvalue weighted by molar-refractivity contribution is 6.05. The molecule has 0 bridgehead atoms. The Morgan fingerprint density at radius 3 is 2.12 bits per heavy atom. The lowest BCUT2D eigenvalue weighted by Gasteiger charge is -2.28. The zero-order chi connectivity index (χ0) is 36.4. The summed E-state index contributed by atoms with van der Waals surface area (Å²) in [5, 5.41) is 5.67. The second-order valence-corrected chi connectivity index (χ2v) is 16.0. The molecule has 0 aromatic heterocycles. The molecule has 6 unspecified atom stereocenters. The number of benzene rings is 3. The Bertz CT molecular complexity index is 1790. The van der Waals surface area contributed by atoms with E-state index in [1.165, 1.54) is 0 Å². The third-order valence-corrected chi connectivity index (χ3v) is 10.6. The van der Waals surface area contributed by atoms with E-state index in [1.54, 1.807) is 4.90 Å². The van der Waals surface area contributed by atoms with Crippen LogP contribution in [-0.4, -0.2) is 83.8 Å². The van der Waals surface area contributed by atoms with Crippen molar-refractivity contribution >= 4 is 34.0 Å². The van der Waals surface area contributed by atoms with Crippen LogP contribution in [0.15, 0.2) is 70.6 Å². The van der Waals surface area contributed by atoms with Gasteiger partial charge in [-0.3, -0.25) is 19.9 Å². The molecule has 8 nitrogen and oxygen atoms in total. The number of likely N-dealkylation sites (tertiary alicyclic amines) is 2. The predicted molar refractivity (Wildman–Crippen MR) is 206 cm³/mol. The average Bonchev–Trinajstić information content (AvgIpc) is 3.84. The number of nitrogens with zero attached hydrogens (tertiary/aromatic N) is 4. The van der Waals surface area contributed by atoms with Crippen molar-refractivity contribution in [2.75, 3.05) is 26.2 Å². The number of nitrogens with one attached hydrogen (secondary N) is 1. The predicted octanol–water partition coefficient (Wildman–Crippen LogP) is 6.83. The van der Waals surface area contributed by atoms with Crippen molar-refractivity contribution in [3.8, 4) is 11.1 Å². The van der Waals surface area contributed by atoms with Crippen LogP contribution in [0, 0.1) is 23.7 Å². The lowest BCUT2D eigenvalue weighted by atomic mass is 9.97. The topological polar surface area (TPSA) is 103 Å². The van der Waals surface area contributed by atoms with E-state index in [0.717, 1.165) is 51.7 Å².